The van der Waals surface area contributed by atoms with Crippen LogP contribution in [0.1, 0.15) is 19.8 Å². The summed E-state index contributed by atoms with van der Waals surface area (Å²) in [5, 5.41) is 0. The van der Waals surface area contributed by atoms with Crippen molar-refractivity contribution in [2.75, 3.05) is 12.3 Å². The molecule has 3 N–H and O–H groups in total. The van der Waals surface area contributed by atoms with Crippen molar-refractivity contribution >= 4 is 31.6 Å². The van der Waals surface area contributed by atoms with Crippen molar-refractivity contribution < 1.29 is 13.2 Å². The summed E-state index contributed by atoms with van der Waals surface area (Å²) < 4.78 is 33.4. The van der Waals surface area contributed by atoms with E-state index < -0.39 is 10.0 Å². The van der Waals surface area contributed by atoms with Gasteiger partial charge in [-0.15, -0.1) is 0 Å². The smallest absolute Gasteiger partial charge is 0.242 e. The molecule has 0 aromatic heterocycles. The second kappa shape index (κ2) is 5.78. The van der Waals surface area contributed by atoms with Crippen molar-refractivity contribution in [3.63, 3.8) is 0 Å². The van der Waals surface area contributed by atoms with Crippen molar-refractivity contribution in [1.82, 2.24) is 4.72 Å². The monoisotopic (exact) mass is 348 g/mol. The summed E-state index contributed by atoms with van der Waals surface area (Å²) in [4.78, 5) is 0.0896. The number of hydrogen-bond acceptors (Lipinski definition) is 4. The van der Waals surface area contributed by atoms with E-state index in [9.17, 15) is 8.42 Å². The molecule has 2 rings (SSSR count). The van der Waals surface area contributed by atoms with Gasteiger partial charge in [-0.2, -0.15) is 0 Å². The first-order valence-corrected chi connectivity index (χ1v) is 8.37. The van der Waals surface area contributed by atoms with Gasteiger partial charge in [0.2, 0.25) is 10.0 Å². The van der Waals surface area contributed by atoms with Crippen LogP contribution in [-0.2, 0) is 14.8 Å². The van der Waals surface area contributed by atoms with Crippen molar-refractivity contribution in [2.24, 2.45) is 0 Å². The van der Waals surface area contributed by atoms with Crippen LogP contribution in [0.5, 0.6) is 0 Å². The van der Waals surface area contributed by atoms with E-state index in [2.05, 4.69) is 20.7 Å². The normalized spacial score (nSPS) is 21.5. The quantitative estimate of drug-likeness (QED) is 0.814. The fraction of sp³-hybridized carbons (Fsp3) is 0.500. The second-order valence-corrected chi connectivity index (χ2v) is 7.24. The van der Waals surface area contributed by atoms with Crippen LogP contribution in [-0.4, -0.2) is 27.2 Å². The number of hydrogen-bond donors (Lipinski definition) is 2. The summed E-state index contributed by atoms with van der Waals surface area (Å²) in [5.74, 6) is 0. The number of nitrogens with two attached hydrogens (primary N) is 1. The van der Waals surface area contributed by atoms with Gasteiger partial charge in [-0.3, -0.25) is 0 Å². The molecular weight excluding hydrogens is 332 g/mol. The molecule has 0 amide bonds. The van der Waals surface area contributed by atoms with Crippen LogP contribution in [0.15, 0.2) is 27.6 Å². The molecule has 1 heterocycles. The zero-order chi connectivity index (χ0) is 14.0. The largest absolute Gasteiger partial charge is 0.398 e. The Morgan fingerprint density at radius 2 is 2.26 bits per heavy atom. The Hall–Kier alpha value is -0.630. The Morgan fingerprint density at radius 3 is 2.89 bits per heavy atom. The zero-order valence-electron chi connectivity index (χ0n) is 10.6. The first-order chi connectivity index (χ1) is 8.90. The molecule has 1 fully saturated rings. The average molecular weight is 349 g/mol. The minimum atomic E-state index is -3.64. The molecule has 106 valence electrons. The number of sulfonamides is 1. The van der Waals surface area contributed by atoms with Crippen molar-refractivity contribution in [3.8, 4) is 0 Å². The topological polar surface area (TPSA) is 81.4 Å². The summed E-state index contributed by atoms with van der Waals surface area (Å²) in [6.07, 6.45) is 1.77. The molecule has 1 aliphatic heterocycles. The van der Waals surface area contributed by atoms with Crippen molar-refractivity contribution in [1.29, 1.82) is 0 Å². The third-order valence-electron chi connectivity index (χ3n) is 3.13. The van der Waals surface area contributed by atoms with Gasteiger partial charge in [0.15, 0.2) is 0 Å². The van der Waals surface area contributed by atoms with Crippen LogP contribution in [0, 0.1) is 0 Å². The number of rotatable bonds is 4. The number of halogens is 1. The van der Waals surface area contributed by atoms with Crippen molar-refractivity contribution in [2.45, 2.75) is 36.8 Å². The van der Waals surface area contributed by atoms with E-state index in [4.69, 9.17) is 10.5 Å². The maximum atomic E-state index is 12.3. The predicted molar refractivity (Wildman–Crippen MR) is 77.3 cm³/mol. The number of nitrogen functional groups attached to an aromatic ring is 1. The summed E-state index contributed by atoms with van der Waals surface area (Å²) in [6.45, 7) is 2.50. The highest BCUT2D eigenvalue weighted by molar-refractivity contribution is 9.10. The summed E-state index contributed by atoms with van der Waals surface area (Å²) in [6, 6.07) is 4.50. The van der Waals surface area contributed by atoms with E-state index in [-0.39, 0.29) is 22.7 Å². The van der Waals surface area contributed by atoms with Crippen LogP contribution in [0.2, 0.25) is 0 Å². The van der Waals surface area contributed by atoms with Crippen molar-refractivity contribution in [3.05, 3.63) is 22.7 Å². The van der Waals surface area contributed by atoms with Gasteiger partial charge in [0.25, 0.3) is 0 Å². The number of ether oxygens (including phenoxy) is 1. The molecule has 0 spiro atoms. The van der Waals surface area contributed by atoms with Gasteiger partial charge in [0, 0.05) is 17.1 Å². The molecule has 5 nitrogen and oxygen atoms in total. The van der Waals surface area contributed by atoms with Crippen LogP contribution in [0.3, 0.4) is 0 Å². The lowest BCUT2D eigenvalue weighted by atomic mass is 10.1. The second-order valence-electron chi connectivity index (χ2n) is 4.64. The van der Waals surface area contributed by atoms with Crippen LogP contribution < -0.4 is 10.5 Å². The Bertz CT molecular complexity index is 556. The van der Waals surface area contributed by atoms with Gasteiger partial charge in [-0.1, -0.05) is 15.9 Å². The van der Waals surface area contributed by atoms with E-state index in [0.29, 0.717) is 11.1 Å². The first-order valence-electron chi connectivity index (χ1n) is 6.09. The molecule has 1 saturated heterocycles. The lowest BCUT2D eigenvalue weighted by Gasteiger charge is -2.20. The van der Waals surface area contributed by atoms with E-state index >= 15 is 0 Å². The minimum Gasteiger partial charge on any atom is -0.398 e. The van der Waals surface area contributed by atoms with Crippen LogP contribution in [0.4, 0.5) is 5.69 Å². The highest BCUT2D eigenvalue weighted by atomic mass is 79.9. The van der Waals surface area contributed by atoms with Crippen LogP contribution >= 0.6 is 15.9 Å². The maximum Gasteiger partial charge on any atom is 0.242 e. The molecule has 0 radical (unpaired) electrons. The van der Waals surface area contributed by atoms with E-state index in [1.165, 1.54) is 6.07 Å². The Morgan fingerprint density at radius 1 is 1.53 bits per heavy atom. The lowest BCUT2D eigenvalue weighted by Crippen LogP contribution is -2.40. The molecule has 2 unspecified atom stereocenters. The lowest BCUT2D eigenvalue weighted by molar-refractivity contribution is 0.0902. The fourth-order valence-electron chi connectivity index (χ4n) is 2.12. The Kier molecular flexibility index (Phi) is 4.50. The first kappa shape index (κ1) is 14.8. The summed E-state index contributed by atoms with van der Waals surface area (Å²) >= 11 is 3.25. The molecule has 0 saturated carbocycles. The van der Waals surface area contributed by atoms with Gasteiger partial charge < -0.3 is 10.5 Å². The maximum absolute atomic E-state index is 12.3. The van der Waals surface area contributed by atoms with Gasteiger partial charge >= 0.3 is 0 Å². The molecule has 0 aliphatic carbocycles. The van der Waals surface area contributed by atoms with Gasteiger partial charge in [-0.25, -0.2) is 13.1 Å². The number of nitrogens with one attached hydrogen (secondary N) is 1. The molecule has 0 bridgehead atoms. The van der Waals surface area contributed by atoms with Gasteiger partial charge in [0.05, 0.1) is 11.8 Å². The van der Waals surface area contributed by atoms with E-state index in [0.717, 1.165) is 12.8 Å². The standard InChI is InChI=1S/C12H17BrN2O3S/c1-8(11-3-2-6-18-11)15-19(16,17)12-7-9(13)4-5-10(12)14/h4-5,7-8,11,15H,2-3,6,14H2,1H3. The highest BCUT2D eigenvalue weighted by Gasteiger charge is 2.27. The minimum absolute atomic E-state index is 0.0665. The third-order valence-corrected chi connectivity index (χ3v) is 5.24. The van der Waals surface area contributed by atoms with E-state index in [1.54, 1.807) is 12.1 Å². The Labute approximate surface area is 121 Å². The molecule has 19 heavy (non-hydrogen) atoms. The Balaban J connectivity index is 2.19. The fourth-order valence-corrected chi connectivity index (χ4v) is 4.06. The SMILES string of the molecule is CC(NS(=O)(=O)c1cc(Br)ccc1N)C1CCCO1. The zero-order valence-corrected chi connectivity index (χ0v) is 13.0. The molecular formula is C12H17BrN2O3S. The highest BCUT2D eigenvalue weighted by Crippen LogP contribution is 2.24. The molecule has 7 heteroatoms. The molecule has 1 aromatic carbocycles. The van der Waals surface area contributed by atoms with E-state index in [1.807, 2.05) is 6.92 Å². The molecule has 1 aliphatic rings. The molecule has 1 aromatic rings. The number of anilines is 1. The molecule has 2 atom stereocenters. The summed E-state index contributed by atoms with van der Waals surface area (Å²) in [5.41, 5.74) is 5.97. The third kappa shape index (κ3) is 3.47. The van der Waals surface area contributed by atoms with Crippen LogP contribution in [0.25, 0.3) is 0 Å². The van der Waals surface area contributed by atoms with Gasteiger partial charge in [0.1, 0.15) is 4.90 Å². The average Bonchev–Trinajstić information content (AvgIpc) is 2.85. The predicted octanol–water partition coefficient (Wildman–Crippen LogP) is 1.88. The summed E-state index contributed by atoms with van der Waals surface area (Å²) in [7, 11) is -3.64. The number of benzene rings is 1. The van der Waals surface area contributed by atoms with Gasteiger partial charge in [-0.05, 0) is 38.0 Å².